The summed E-state index contributed by atoms with van der Waals surface area (Å²) in [7, 11) is 0. The maximum Gasteiger partial charge on any atom is 0.277 e. The summed E-state index contributed by atoms with van der Waals surface area (Å²) in [6.45, 7) is 4.63. The van der Waals surface area contributed by atoms with Gasteiger partial charge in [-0.15, -0.1) is 6.58 Å². The fourth-order valence-corrected chi connectivity index (χ4v) is 3.35. The minimum atomic E-state index is -0.587. The molecule has 1 fully saturated rings. The number of allylic oxidation sites excluding steroid dienone is 1. The standard InChI is InChI=1S/C21H20FIN4O2/c1-2-9-27-12-24-20-17(27)10-16(21(28)26-29-11-13-3-4-13)19(18(20)22)25-15-7-5-14(23)6-8-15/h2,5-8,10,12-13,25H,1,3-4,9,11H2,(H,26,28). The summed E-state index contributed by atoms with van der Waals surface area (Å²) in [5.74, 6) is -0.602. The van der Waals surface area contributed by atoms with Crippen molar-refractivity contribution in [3.8, 4) is 0 Å². The Morgan fingerprint density at radius 2 is 2.14 bits per heavy atom. The van der Waals surface area contributed by atoms with Crippen LogP contribution in [0.15, 0.2) is 49.3 Å². The van der Waals surface area contributed by atoms with E-state index >= 15 is 4.39 Å². The molecule has 0 saturated heterocycles. The van der Waals surface area contributed by atoms with Gasteiger partial charge in [0.1, 0.15) is 5.52 Å². The molecule has 1 aromatic heterocycles. The number of anilines is 2. The van der Waals surface area contributed by atoms with Gasteiger partial charge < -0.3 is 9.88 Å². The third-order valence-electron chi connectivity index (χ3n) is 4.72. The van der Waals surface area contributed by atoms with Gasteiger partial charge in [0.2, 0.25) is 0 Å². The van der Waals surface area contributed by atoms with Crippen LogP contribution < -0.4 is 10.8 Å². The number of carbonyl (C=O) groups is 1. The van der Waals surface area contributed by atoms with Gasteiger partial charge in [0.15, 0.2) is 5.82 Å². The monoisotopic (exact) mass is 506 g/mol. The van der Waals surface area contributed by atoms with E-state index in [9.17, 15) is 4.79 Å². The first-order valence-electron chi connectivity index (χ1n) is 9.29. The van der Waals surface area contributed by atoms with Crippen LogP contribution in [0, 0.1) is 15.3 Å². The Balaban J connectivity index is 1.72. The number of hydrogen-bond acceptors (Lipinski definition) is 4. The number of hydroxylamine groups is 1. The van der Waals surface area contributed by atoms with Gasteiger partial charge >= 0.3 is 0 Å². The van der Waals surface area contributed by atoms with E-state index in [1.807, 2.05) is 24.3 Å². The molecule has 1 aliphatic carbocycles. The molecule has 0 bridgehead atoms. The van der Waals surface area contributed by atoms with Crippen molar-refractivity contribution in [3.63, 3.8) is 0 Å². The van der Waals surface area contributed by atoms with Crippen molar-refractivity contribution in [2.75, 3.05) is 11.9 Å². The molecule has 4 rings (SSSR count). The smallest absolute Gasteiger partial charge is 0.277 e. The molecule has 0 unspecified atom stereocenters. The first kappa shape index (κ1) is 19.8. The second-order valence-electron chi connectivity index (χ2n) is 6.98. The molecule has 1 saturated carbocycles. The maximum atomic E-state index is 15.4. The number of fused-ring (bicyclic) bond motifs is 1. The Morgan fingerprint density at radius 1 is 1.38 bits per heavy atom. The highest BCUT2D eigenvalue weighted by Crippen LogP contribution is 2.32. The number of carbonyl (C=O) groups excluding carboxylic acids is 1. The van der Waals surface area contributed by atoms with Crippen LogP contribution in [-0.2, 0) is 11.4 Å². The molecule has 0 atom stereocenters. The Bertz CT molecular complexity index is 1060. The molecule has 1 heterocycles. The summed E-state index contributed by atoms with van der Waals surface area (Å²) >= 11 is 2.20. The highest BCUT2D eigenvalue weighted by atomic mass is 127. The van der Waals surface area contributed by atoms with Gasteiger partial charge in [-0.2, -0.15) is 0 Å². The van der Waals surface area contributed by atoms with Crippen LogP contribution >= 0.6 is 22.6 Å². The normalized spacial score (nSPS) is 13.4. The van der Waals surface area contributed by atoms with Crippen LogP contribution in [0.3, 0.4) is 0 Å². The second-order valence-corrected chi connectivity index (χ2v) is 8.23. The number of nitrogens with zero attached hydrogens (tertiary/aromatic N) is 2. The average molecular weight is 506 g/mol. The summed E-state index contributed by atoms with van der Waals surface area (Å²) in [4.78, 5) is 22.3. The number of amides is 1. The number of nitrogens with one attached hydrogen (secondary N) is 2. The van der Waals surface area contributed by atoms with Crippen LogP contribution in [0.25, 0.3) is 11.0 Å². The van der Waals surface area contributed by atoms with Gasteiger partial charge in [-0.1, -0.05) is 6.08 Å². The van der Waals surface area contributed by atoms with E-state index in [1.54, 1.807) is 16.7 Å². The summed E-state index contributed by atoms with van der Waals surface area (Å²) in [5, 5.41) is 3.03. The Labute approximate surface area is 181 Å². The fourth-order valence-electron chi connectivity index (χ4n) is 2.99. The van der Waals surface area contributed by atoms with E-state index in [2.05, 4.69) is 45.0 Å². The van der Waals surface area contributed by atoms with E-state index in [0.29, 0.717) is 30.3 Å². The predicted molar refractivity (Wildman–Crippen MR) is 118 cm³/mol. The van der Waals surface area contributed by atoms with E-state index in [4.69, 9.17) is 4.84 Å². The van der Waals surface area contributed by atoms with Gasteiger partial charge in [0.25, 0.3) is 5.91 Å². The van der Waals surface area contributed by atoms with Crippen LogP contribution in [-0.4, -0.2) is 22.1 Å². The summed E-state index contributed by atoms with van der Waals surface area (Å²) in [6, 6.07) is 9.08. The first-order chi connectivity index (χ1) is 14.1. The van der Waals surface area contributed by atoms with Crippen molar-refractivity contribution in [2.24, 2.45) is 5.92 Å². The van der Waals surface area contributed by atoms with E-state index in [0.717, 1.165) is 16.4 Å². The van der Waals surface area contributed by atoms with Crippen molar-refractivity contribution in [1.29, 1.82) is 0 Å². The number of aromatic nitrogens is 2. The molecule has 0 aliphatic heterocycles. The van der Waals surface area contributed by atoms with Crippen molar-refractivity contribution < 1.29 is 14.0 Å². The second kappa shape index (κ2) is 8.50. The van der Waals surface area contributed by atoms with Gasteiger partial charge in [0.05, 0.1) is 29.7 Å². The fraction of sp³-hybridized carbons (Fsp3) is 0.238. The summed E-state index contributed by atoms with van der Waals surface area (Å²) in [6.07, 6.45) is 5.44. The minimum Gasteiger partial charge on any atom is -0.352 e. The van der Waals surface area contributed by atoms with Crippen molar-refractivity contribution in [1.82, 2.24) is 15.0 Å². The molecule has 1 amide bonds. The van der Waals surface area contributed by atoms with E-state index in [1.165, 1.54) is 6.33 Å². The molecule has 29 heavy (non-hydrogen) atoms. The number of imidazole rings is 1. The molecule has 2 N–H and O–H groups in total. The lowest BCUT2D eigenvalue weighted by Crippen LogP contribution is -2.26. The van der Waals surface area contributed by atoms with Gasteiger partial charge in [-0.3, -0.25) is 9.63 Å². The van der Waals surface area contributed by atoms with Crippen molar-refractivity contribution in [2.45, 2.75) is 19.4 Å². The number of rotatable bonds is 8. The molecule has 8 heteroatoms. The van der Waals surface area contributed by atoms with Gasteiger partial charge in [-0.25, -0.2) is 14.9 Å². The SMILES string of the molecule is C=CCn1cnc2c(F)c(Nc3ccc(I)cc3)c(C(=O)NOCC3CC3)cc21. The third-order valence-corrected chi connectivity index (χ3v) is 5.44. The molecular formula is C21H20FIN4O2. The molecular weight excluding hydrogens is 486 g/mol. The predicted octanol–water partition coefficient (Wildman–Crippen LogP) is 4.78. The van der Waals surface area contributed by atoms with Gasteiger partial charge in [0, 0.05) is 15.8 Å². The van der Waals surface area contributed by atoms with Crippen LogP contribution in [0.1, 0.15) is 23.2 Å². The molecule has 0 spiro atoms. The van der Waals surface area contributed by atoms with E-state index < -0.39 is 11.7 Å². The van der Waals surface area contributed by atoms with Crippen LogP contribution in [0.4, 0.5) is 15.8 Å². The Morgan fingerprint density at radius 3 is 2.83 bits per heavy atom. The molecule has 1 aliphatic rings. The molecule has 6 nitrogen and oxygen atoms in total. The zero-order valence-electron chi connectivity index (χ0n) is 15.6. The molecule has 3 aromatic rings. The summed E-state index contributed by atoms with van der Waals surface area (Å²) in [5.41, 5.74) is 4.03. The lowest BCUT2D eigenvalue weighted by Gasteiger charge is -2.15. The van der Waals surface area contributed by atoms with E-state index in [-0.39, 0.29) is 16.8 Å². The lowest BCUT2D eigenvalue weighted by molar-refractivity contribution is 0.0271. The highest BCUT2D eigenvalue weighted by Gasteiger charge is 2.24. The van der Waals surface area contributed by atoms with Crippen LogP contribution in [0.2, 0.25) is 0 Å². The number of halogens is 2. The average Bonchev–Trinajstić information content (AvgIpc) is 3.45. The molecule has 150 valence electrons. The zero-order valence-corrected chi connectivity index (χ0v) is 17.8. The van der Waals surface area contributed by atoms with Gasteiger partial charge in [-0.05, 0) is 71.7 Å². The maximum absolute atomic E-state index is 15.4. The summed E-state index contributed by atoms with van der Waals surface area (Å²) < 4.78 is 18.2. The number of benzene rings is 2. The zero-order chi connectivity index (χ0) is 20.4. The van der Waals surface area contributed by atoms with Crippen molar-refractivity contribution >= 4 is 50.9 Å². The molecule has 2 aromatic carbocycles. The third kappa shape index (κ3) is 4.43. The minimum absolute atomic E-state index is 0.0649. The lowest BCUT2D eigenvalue weighted by atomic mass is 10.1. The Hall–Kier alpha value is -2.46. The van der Waals surface area contributed by atoms with Crippen LogP contribution in [0.5, 0.6) is 0 Å². The Kier molecular flexibility index (Phi) is 5.81. The first-order valence-corrected chi connectivity index (χ1v) is 10.4. The number of hydrogen-bond donors (Lipinski definition) is 2. The topological polar surface area (TPSA) is 68.2 Å². The largest absolute Gasteiger partial charge is 0.352 e. The molecule has 0 radical (unpaired) electrons. The van der Waals surface area contributed by atoms with Crippen molar-refractivity contribution in [3.05, 3.63) is 64.3 Å². The quantitative estimate of drug-likeness (QED) is 0.262. The highest BCUT2D eigenvalue weighted by molar-refractivity contribution is 14.1.